The molecule has 20 heavy (non-hydrogen) atoms. The van der Waals surface area contributed by atoms with Gasteiger partial charge in [-0.3, -0.25) is 14.7 Å². The molecule has 3 N–H and O–H groups in total. The molecule has 1 atom stereocenters. The minimum atomic E-state index is -0.906. The summed E-state index contributed by atoms with van der Waals surface area (Å²) in [7, 11) is 0. The van der Waals surface area contributed by atoms with Gasteiger partial charge >= 0.3 is 5.97 Å². The summed E-state index contributed by atoms with van der Waals surface area (Å²) in [4.78, 5) is 27.0. The van der Waals surface area contributed by atoms with E-state index in [1.54, 1.807) is 0 Å². The predicted octanol–water partition coefficient (Wildman–Crippen LogP) is 1.40. The van der Waals surface area contributed by atoms with Gasteiger partial charge in [-0.1, -0.05) is 27.7 Å². The molecule has 1 heterocycles. The van der Waals surface area contributed by atoms with Gasteiger partial charge in [0.2, 0.25) is 5.82 Å². The van der Waals surface area contributed by atoms with Crippen LogP contribution in [-0.2, 0) is 4.79 Å². The van der Waals surface area contributed by atoms with Crippen molar-refractivity contribution in [2.45, 2.75) is 40.0 Å². The highest BCUT2D eigenvalue weighted by molar-refractivity contribution is 5.90. The van der Waals surface area contributed by atoms with Gasteiger partial charge in [-0.15, -0.1) is 5.10 Å². The number of nitrogens with zero attached hydrogens (tertiary/aromatic N) is 2. The Morgan fingerprint density at radius 2 is 1.95 bits per heavy atom. The van der Waals surface area contributed by atoms with Crippen LogP contribution in [0.1, 0.15) is 56.5 Å². The number of aliphatic carboxylic acids is 1. The first kappa shape index (κ1) is 16.1. The Morgan fingerprint density at radius 3 is 2.40 bits per heavy atom. The van der Waals surface area contributed by atoms with Crippen molar-refractivity contribution in [3.63, 3.8) is 0 Å². The Morgan fingerprint density at radius 1 is 1.30 bits per heavy atom. The molecule has 0 spiro atoms. The molecule has 1 rings (SSSR count). The van der Waals surface area contributed by atoms with Crippen molar-refractivity contribution >= 4 is 11.9 Å². The topological polar surface area (TPSA) is 108 Å². The minimum Gasteiger partial charge on any atom is -0.481 e. The Kier molecular flexibility index (Phi) is 5.66. The molecule has 0 saturated heterocycles. The third-order valence-electron chi connectivity index (χ3n) is 2.87. The highest BCUT2D eigenvalue weighted by atomic mass is 16.4. The Labute approximate surface area is 118 Å². The number of carboxylic acid groups (broad SMARTS) is 1. The van der Waals surface area contributed by atoms with E-state index in [1.165, 1.54) is 0 Å². The van der Waals surface area contributed by atoms with Gasteiger partial charge in [0.25, 0.3) is 5.91 Å². The molecule has 7 nitrogen and oxygen atoms in total. The van der Waals surface area contributed by atoms with E-state index in [4.69, 9.17) is 5.11 Å². The SMILES string of the molecule is CC(C)CC(CNC(=O)c1n[nH]c(C(C)C)n1)C(=O)O. The molecule has 0 saturated carbocycles. The molecule has 0 aromatic carbocycles. The highest BCUT2D eigenvalue weighted by Gasteiger charge is 2.21. The van der Waals surface area contributed by atoms with E-state index < -0.39 is 17.8 Å². The van der Waals surface area contributed by atoms with E-state index >= 15 is 0 Å². The number of aromatic nitrogens is 3. The van der Waals surface area contributed by atoms with Crippen LogP contribution < -0.4 is 5.32 Å². The lowest BCUT2D eigenvalue weighted by Crippen LogP contribution is -2.34. The Hall–Kier alpha value is -1.92. The van der Waals surface area contributed by atoms with Crippen molar-refractivity contribution in [2.24, 2.45) is 11.8 Å². The smallest absolute Gasteiger partial charge is 0.308 e. The maximum absolute atomic E-state index is 11.8. The van der Waals surface area contributed by atoms with E-state index in [0.29, 0.717) is 12.2 Å². The number of carboxylic acids is 1. The number of aromatic amines is 1. The maximum Gasteiger partial charge on any atom is 0.308 e. The number of rotatable bonds is 7. The summed E-state index contributed by atoms with van der Waals surface area (Å²) in [6.07, 6.45) is 0.515. The second-order valence-corrected chi connectivity index (χ2v) is 5.57. The molecule has 0 aliphatic rings. The van der Waals surface area contributed by atoms with Crippen molar-refractivity contribution in [1.29, 1.82) is 0 Å². The van der Waals surface area contributed by atoms with Crippen LogP contribution in [0.2, 0.25) is 0 Å². The van der Waals surface area contributed by atoms with Crippen LogP contribution in [0, 0.1) is 11.8 Å². The second-order valence-electron chi connectivity index (χ2n) is 5.57. The van der Waals surface area contributed by atoms with Gasteiger partial charge in [-0.2, -0.15) is 0 Å². The number of hydrogen-bond donors (Lipinski definition) is 3. The fourth-order valence-electron chi connectivity index (χ4n) is 1.77. The number of amides is 1. The molecule has 0 aliphatic heterocycles. The molecule has 1 aromatic heterocycles. The predicted molar refractivity (Wildman–Crippen MR) is 73.4 cm³/mol. The molecule has 1 aromatic rings. The fourth-order valence-corrected chi connectivity index (χ4v) is 1.77. The molecular formula is C13H22N4O3. The van der Waals surface area contributed by atoms with E-state index in [9.17, 15) is 9.59 Å². The second kappa shape index (κ2) is 7.02. The zero-order valence-electron chi connectivity index (χ0n) is 12.3. The van der Waals surface area contributed by atoms with Crippen LogP contribution in [0.25, 0.3) is 0 Å². The van der Waals surface area contributed by atoms with Gasteiger partial charge in [-0.25, -0.2) is 4.98 Å². The Bertz CT molecular complexity index is 468. The van der Waals surface area contributed by atoms with Crippen molar-refractivity contribution in [3.05, 3.63) is 11.6 Å². The molecule has 1 amide bonds. The molecule has 7 heteroatoms. The van der Waals surface area contributed by atoms with E-state index in [1.807, 2.05) is 27.7 Å². The van der Waals surface area contributed by atoms with E-state index in [2.05, 4.69) is 20.5 Å². The lowest BCUT2D eigenvalue weighted by molar-refractivity contribution is -0.142. The van der Waals surface area contributed by atoms with Gasteiger partial charge in [0.15, 0.2) is 0 Å². The number of H-pyrrole nitrogens is 1. The van der Waals surface area contributed by atoms with Crippen LogP contribution in [-0.4, -0.2) is 38.7 Å². The average Bonchev–Trinajstić information content (AvgIpc) is 2.82. The lowest BCUT2D eigenvalue weighted by atomic mass is 9.97. The largest absolute Gasteiger partial charge is 0.481 e. The van der Waals surface area contributed by atoms with Crippen molar-refractivity contribution in [1.82, 2.24) is 20.5 Å². The van der Waals surface area contributed by atoms with Crippen molar-refractivity contribution < 1.29 is 14.7 Å². The maximum atomic E-state index is 11.8. The molecule has 0 aliphatic carbocycles. The number of nitrogens with one attached hydrogen (secondary N) is 2. The van der Waals surface area contributed by atoms with Gasteiger partial charge in [0.05, 0.1) is 5.92 Å². The van der Waals surface area contributed by atoms with Gasteiger partial charge in [0.1, 0.15) is 5.82 Å². The minimum absolute atomic E-state index is 0.0439. The molecular weight excluding hydrogens is 260 g/mol. The standard InChI is InChI=1S/C13H22N4O3/c1-7(2)5-9(13(19)20)6-14-12(18)11-15-10(8(3)4)16-17-11/h7-9H,5-6H2,1-4H3,(H,14,18)(H,19,20)(H,15,16,17). The van der Waals surface area contributed by atoms with Gasteiger partial charge in [0, 0.05) is 12.5 Å². The average molecular weight is 282 g/mol. The summed E-state index contributed by atoms with van der Waals surface area (Å²) in [6, 6.07) is 0. The monoisotopic (exact) mass is 282 g/mol. The first-order valence-electron chi connectivity index (χ1n) is 6.74. The van der Waals surface area contributed by atoms with Crippen molar-refractivity contribution in [3.8, 4) is 0 Å². The van der Waals surface area contributed by atoms with E-state index in [-0.39, 0.29) is 24.2 Å². The molecule has 1 unspecified atom stereocenters. The van der Waals surface area contributed by atoms with Crippen LogP contribution >= 0.6 is 0 Å². The fraction of sp³-hybridized carbons (Fsp3) is 0.692. The summed E-state index contributed by atoms with van der Waals surface area (Å²) < 4.78 is 0. The zero-order valence-corrected chi connectivity index (χ0v) is 12.3. The summed E-state index contributed by atoms with van der Waals surface area (Å²) in [5.74, 6) is -0.877. The van der Waals surface area contributed by atoms with Crippen LogP contribution in [0.4, 0.5) is 0 Å². The third-order valence-corrected chi connectivity index (χ3v) is 2.87. The summed E-state index contributed by atoms with van der Waals surface area (Å²) in [6.45, 7) is 7.85. The van der Waals surface area contributed by atoms with Gasteiger partial charge < -0.3 is 10.4 Å². The van der Waals surface area contributed by atoms with Crippen LogP contribution in [0.3, 0.4) is 0 Å². The van der Waals surface area contributed by atoms with Crippen LogP contribution in [0.15, 0.2) is 0 Å². The normalized spacial score (nSPS) is 12.7. The first-order chi connectivity index (χ1) is 9.31. The molecule has 0 fully saturated rings. The third kappa shape index (κ3) is 4.64. The quantitative estimate of drug-likeness (QED) is 0.700. The number of carbonyl (C=O) groups excluding carboxylic acids is 1. The number of carbonyl (C=O) groups is 2. The van der Waals surface area contributed by atoms with Crippen molar-refractivity contribution in [2.75, 3.05) is 6.54 Å². The van der Waals surface area contributed by atoms with Gasteiger partial charge in [-0.05, 0) is 12.3 Å². The van der Waals surface area contributed by atoms with Crippen LogP contribution in [0.5, 0.6) is 0 Å². The Balaban J connectivity index is 2.58. The highest BCUT2D eigenvalue weighted by Crippen LogP contribution is 2.11. The first-order valence-corrected chi connectivity index (χ1v) is 6.74. The summed E-state index contributed by atoms with van der Waals surface area (Å²) in [5.41, 5.74) is 0. The van der Waals surface area contributed by atoms with E-state index in [0.717, 1.165) is 0 Å². The molecule has 0 radical (unpaired) electrons. The zero-order chi connectivity index (χ0) is 15.3. The molecule has 112 valence electrons. The number of hydrogen-bond acceptors (Lipinski definition) is 4. The molecule has 0 bridgehead atoms. The lowest BCUT2D eigenvalue weighted by Gasteiger charge is -2.14. The summed E-state index contributed by atoms with van der Waals surface area (Å²) >= 11 is 0. The summed E-state index contributed by atoms with van der Waals surface area (Å²) in [5, 5.41) is 18.2.